The van der Waals surface area contributed by atoms with Crippen molar-refractivity contribution in [3.8, 4) is 11.5 Å². The average molecular weight is 360 g/mol. The van der Waals surface area contributed by atoms with Crippen molar-refractivity contribution in [2.75, 3.05) is 29.6 Å². The van der Waals surface area contributed by atoms with Gasteiger partial charge in [-0.1, -0.05) is 11.8 Å². The molecule has 2 N–H and O–H groups in total. The number of rotatable bonds is 5. The first kappa shape index (κ1) is 17.0. The molecule has 1 aliphatic heterocycles. The molecule has 0 spiro atoms. The summed E-state index contributed by atoms with van der Waals surface area (Å²) in [6.45, 7) is 2.41. The predicted octanol–water partition coefficient (Wildman–Crippen LogP) is 1.94. The van der Waals surface area contributed by atoms with Gasteiger partial charge in [-0.25, -0.2) is 0 Å². The Labute approximate surface area is 148 Å². The highest BCUT2D eigenvalue weighted by molar-refractivity contribution is 7.99. The number of nitrogens with zero attached hydrogens (tertiary/aromatic N) is 2. The number of carbonyl (C=O) groups is 2. The van der Waals surface area contributed by atoms with Gasteiger partial charge in [-0.2, -0.15) is 0 Å². The minimum absolute atomic E-state index is 0.172. The Bertz CT molecular complexity index is 782. The Kier molecular flexibility index (Phi) is 5.34. The largest absolute Gasteiger partial charge is 0.486 e. The minimum Gasteiger partial charge on any atom is -0.486 e. The number of hydrogen-bond acceptors (Lipinski definition) is 7. The van der Waals surface area contributed by atoms with Crippen molar-refractivity contribution in [2.24, 2.45) is 0 Å². The number of nitrogens with one attached hydrogen (secondary N) is 2. The molecule has 1 aromatic heterocycles. The SMILES string of the molecule is CC(=O)Nc1ccc(SCC(=O)Nc2ccc3c(c2)OCCO3)nn1. The van der Waals surface area contributed by atoms with Crippen LogP contribution < -0.4 is 20.1 Å². The van der Waals surface area contributed by atoms with Gasteiger partial charge < -0.3 is 20.1 Å². The van der Waals surface area contributed by atoms with E-state index in [1.165, 1.54) is 18.7 Å². The first-order chi connectivity index (χ1) is 12.1. The van der Waals surface area contributed by atoms with Crippen LogP contribution in [0.1, 0.15) is 6.92 Å². The summed E-state index contributed by atoms with van der Waals surface area (Å²) in [5.74, 6) is 1.47. The predicted molar refractivity (Wildman–Crippen MR) is 93.1 cm³/mol. The van der Waals surface area contributed by atoms with E-state index in [2.05, 4.69) is 20.8 Å². The summed E-state index contributed by atoms with van der Waals surface area (Å²) < 4.78 is 10.9. The lowest BCUT2D eigenvalue weighted by Gasteiger charge is -2.18. The maximum absolute atomic E-state index is 12.1. The average Bonchev–Trinajstić information content (AvgIpc) is 2.60. The van der Waals surface area contributed by atoms with Gasteiger partial charge in [0.05, 0.1) is 5.75 Å². The van der Waals surface area contributed by atoms with Gasteiger partial charge in [0.1, 0.15) is 18.2 Å². The van der Waals surface area contributed by atoms with Crippen LogP contribution in [-0.2, 0) is 9.59 Å². The standard InChI is InChI=1S/C16H16N4O4S/c1-10(21)17-14-4-5-16(20-19-14)25-9-15(22)18-11-2-3-12-13(8-11)24-7-6-23-12/h2-5,8H,6-7,9H2,1H3,(H,18,22)(H,17,19,21). The fraction of sp³-hybridized carbons (Fsp3) is 0.250. The summed E-state index contributed by atoms with van der Waals surface area (Å²) >= 11 is 1.25. The summed E-state index contributed by atoms with van der Waals surface area (Å²) in [6, 6.07) is 8.59. The van der Waals surface area contributed by atoms with Gasteiger partial charge in [-0.3, -0.25) is 9.59 Å². The van der Waals surface area contributed by atoms with E-state index < -0.39 is 0 Å². The zero-order valence-corrected chi connectivity index (χ0v) is 14.3. The molecule has 3 rings (SSSR count). The maximum atomic E-state index is 12.1. The van der Waals surface area contributed by atoms with Crippen LogP contribution >= 0.6 is 11.8 Å². The number of benzene rings is 1. The molecule has 0 aliphatic carbocycles. The second-order valence-corrected chi connectivity index (χ2v) is 6.13. The third-order valence-corrected chi connectivity index (χ3v) is 4.04. The van der Waals surface area contributed by atoms with Crippen molar-refractivity contribution in [2.45, 2.75) is 11.9 Å². The van der Waals surface area contributed by atoms with Gasteiger partial charge in [0.2, 0.25) is 11.8 Å². The van der Waals surface area contributed by atoms with Crippen LogP contribution in [0.5, 0.6) is 11.5 Å². The number of hydrogen-bond donors (Lipinski definition) is 2. The van der Waals surface area contributed by atoms with Crippen molar-refractivity contribution >= 4 is 35.1 Å². The Balaban J connectivity index is 1.52. The van der Waals surface area contributed by atoms with Gasteiger partial charge in [-0.05, 0) is 24.3 Å². The zero-order valence-electron chi connectivity index (χ0n) is 13.4. The van der Waals surface area contributed by atoms with Crippen molar-refractivity contribution in [1.82, 2.24) is 10.2 Å². The number of fused-ring (bicyclic) bond motifs is 1. The quantitative estimate of drug-likeness (QED) is 0.786. The summed E-state index contributed by atoms with van der Waals surface area (Å²) in [6.07, 6.45) is 0. The van der Waals surface area contributed by atoms with Crippen LogP contribution in [0.15, 0.2) is 35.4 Å². The lowest BCUT2D eigenvalue weighted by Crippen LogP contribution is -2.17. The fourth-order valence-electron chi connectivity index (χ4n) is 2.10. The molecule has 0 saturated heterocycles. The van der Waals surface area contributed by atoms with Crippen LogP contribution in [-0.4, -0.2) is 41.0 Å². The van der Waals surface area contributed by atoms with Crippen LogP contribution in [0, 0.1) is 0 Å². The van der Waals surface area contributed by atoms with Crippen LogP contribution in [0.3, 0.4) is 0 Å². The molecule has 0 saturated carbocycles. The Morgan fingerprint density at radius 3 is 2.60 bits per heavy atom. The first-order valence-corrected chi connectivity index (χ1v) is 8.52. The van der Waals surface area contributed by atoms with E-state index in [-0.39, 0.29) is 17.6 Å². The van der Waals surface area contributed by atoms with Gasteiger partial charge in [0.25, 0.3) is 0 Å². The van der Waals surface area contributed by atoms with Crippen molar-refractivity contribution < 1.29 is 19.1 Å². The second-order valence-electron chi connectivity index (χ2n) is 5.13. The molecule has 1 aliphatic rings. The summed E-state index contributed by atoms with van der Waals surface area (Å²) in [5.41, 5.74) is 0.641. The number of anilines is 2. The molecule has 25 heavy (non-hydrogen) atoms. The van der Waals surface area contributed by atoms with E-state index >= 15 is 0 Å². The lowest BCUT2D eigenvalue weighted by atomic mass is 10.2. The molecule has 2 aromatic rings. The molecule has 0 radical (unpaired) electrons. The highest BCUT2D eigenvalue weighted by atomic mass is 32.2. The first-order valence-electron chi connectivity index (χ1n) is 7.54. The molecule has 2 amide bonds. The summed E-state index contributed by atoms with van der Waals surface area (Å²) in [4.78, 5) is 23.0. The second kappa shape index (κ2) is 7.84. The molecule has 2 heterocycles. The lowest BCUT2D eigenvalue weighted by molar-refractivity contribution is -0.114. The summed E-state index contributed by atoms with van der Waals surface area (Å²) in [5, 5.41) is 13.7. The highest BCUT2D eigenvalue weighted by Crippen LogP contribution is 2.32. The molecular weight excluding hydrogens is 344 g/mol. The van der Waals surface area contributed by atoms with Crippen LogP contribution in [0.4, 0.5) is 11.5 Å². The molecular formula is C16H16N4O4S. The minimum atomic E-state index is -0.214. The molecule has 130 valence electrons. The topological polar surface area (TPSA) is 102 Å². The molecule has 0 unspecified atom stereocenters. The highest BCUT2D eigenvalue weighted by Gasteiger charge is 2.13. The molecule has 9 heteroatoms. The fourth-order valence-corrected chi connectivity index (χ4v) is 2.72. The molecule has 0 bridgehead atoms. The number of carbonyl (C=O) groups excluding carboxylic acids is 2. The number of thioether (sulfide) groups is 1. The Hall–Kier alpha value is -2.81. The number of ether oxygens (including phenoxy) is 2. The zero-order chi connectivity index (χ0) is 17.6. The van der Waals surface area contributed by atoms with E-state index in [1.807, 2.05) is 0 Å². The van der Waals surface area contributed by atoms with E-state index in [9.17, 15) is 9.59 Å². The molecule has 8 nitrogen and oxygen atoms in total. The maximum Gasteiger partial charge on any atom is 0.234 e. The van der Waals surface area contributed by atoms with Gasteiger partial charge in [-0.15, -0.1) is 10.2 Å². The Morgan fingerprint density at radius 2 is 1.88 bits per heavy atom. The van der Waals surface area contributed by atoms with E-state index in [0.717, 1.165) is 0 Å². The van der Waals surface area contributed by atoms with E-state index in [0.29, 0.717) is 41.2 Å². The van der Waals surface area contributed by atoms with Crippen LogP contribution in [0.2, 0.25) is 0 Å². The molecule has 1 aromatic carbocycles. The van der Waals surface area contributed by atoms with E-state index in [4.69, 9.17) is 9.47 Å². The third-order valence-electron chi connectivity index (χ3n) is 3.12. The van der Waals surface area contributed by atoms with E-state index in [1.54, 1.807) is 30.3 Å². The van der Waals surface area contributed by atoms with Crippen molar-refractivity contribution in [3.63, 3.8) is 0 Å². The van der Waals surface area contributed by atoms with Crippen LogP contribution in [0.25, 0.3) is 0 Å². The number of aromatic nitrogens is 2. The van der Waals surface area contributed by atoms with Crippen molar-refractivity contribution in [1.29, 1.82) is 0 Å². The number of amides is 2. The molecule has 0 atom stereocenters. The Morgan fingerprint density at radius 1 is 1.08 bits per heavy atom. The van der Waals surface area contributed by atoms with Gasteiger partial charge in [0, 0.05) is 18.7 Å². The smallest absolute Gasteiger partial charge is 0.234 e. The molecule has 0 fully saturated rings. The third kappa shape index (κ3) is 4.83. The van der Waals surface area contributed by atoms with Gasteiger partial charge >= 0.3 is 0 Å². The van der Waals surface area contributed by atoms with Gasteiger partial charge in [0.15, 0.2) is 17.3 Å². The monoisotopic (exact) mass is 360 g/mol. The van der Waals surface area contributed by atoms with Crippen molar-refractivity contribution in [3.05, 3.63) is 30.3 Å². The normalized spacial score (nSPS) is 12.4. The summed E-state index contributed by atoms with van der Waals surface area (Å²) in [7, 11) is 0.